The first-order valence-electron chi connectivity index (χ1n) is 5.85. The van der Waals surface area contributed by atoms with E-state index < -0.39 is 0 Å². The molecule has 0 radical (unpaired) electrons. The molecular weight excluding hydrogens is 228 g/mol. The first-order valence-corrected chi connectivity index (χ1v) is 5.85. The molecule has 0 aliphatic heterocycles. The molecule has 4 heteroatoms. The van der Waals surface area contributed by atoms with Crippen LogP contribution in [0, 0.1) is 13.8 Å². The molecule has 1 aromatic carbocycles. The third-order valence-corrected chi connectivity index (χ3v) is 2.88. The van der Waals surface area contributed by atoms with Gasteiger partial charge in [-0.05, 0) is 12.5 Å². The zero-order valence-corrected chi connectivity index (χ0v) is 10.5. The zero-order valence-electron chi connectivity index (χ0n) is 10.5. The zero-order chi connectivity index (χ0) is 13.1. The Bertz CT molecular complexity index is 546. The molecule has 0 saturated carbocycles. The van der Waals surface area contributed by atoms with E-state index in [-0.39, 0.29) is 18.2 Å². The molecule has 0 saturated heterocycles. The van der Waals surface area contributed by atoms with Gasteiger partial charge in [0, 0.05) is 19.3 Å². The quantitative estimate of drug-likeness (QED) is 0.897. The summed E-state index contributed by atoms with van der Waals surface area (Å²) in [5.74, 6) is 0.862. The van der Waals surface area contributed by atoms with Crippen LogP contribution in [0.3, 0.4) is 0 Å². The minimum Gasteiger partial charge on any atom is -0.446 e. The number of rotatable bonds is 4. The second-order valence-electron chi connectivity index (χ2n) is 4.31. The third kappa shape index (κ3) is 2.59. The van der Waals surface area contributed by atoms with Crippen molar-refractivity contribution in [2.75, 3.05) is 0 Å². The molecule has 1 heterocycles. The maximum atomic E-state index is 11.2. The van der Waals surface area contributed by atoms with Crippen LogP contribution in [0.15, 0.2) is 34.7 Å². The third-order valence-electron chi connectivity index (χ3n) is 2.88. The fourth-order valence-electron chi connectivity index (χ4n) is 2.13. The van der Waals surface area contributed by atoms with Gasteiger partial charge in [0.25, 0.3) is 0 Å². The summed E-state index contributed by atoms with van der Waals surface area (Å²) in [6.07, 6.45) is 0.233. The first kappa shape index (κ1) is 12.4. The second kappa shape index (κ2) is 5.04. The number of primary amides is 1. The fraction of sp³-hybridized carbons (Fsp3) is 0.286. The number of oxazole rings is 1. The highest BCUT2D eigenvalue weighted by Gasteiger charge is 2.22. The molecule has 0 bridgehead atoms. The lowest BCUT2D eigenvalue weighted by Crippen LogP contribution is -2.17. The molecule has 94 valence electrons. The van der Waals surface area contributed by atoms with Gasteiger partial charge in [-0.25, -0.2) is 4.98 Å². The van der Waals surface area contributed by atoms with Crippen molar-refractivity contribution in [2.45, 2.75) is 26.2 Å². The van der Waals surface area contributed by atoms with Gasteiger partial charge in [-0.2, -0.15) is 0 Å². The van der Waals surface area contributed by atoms with Crippen LogP contribution in [-0.4, -0.2) is 10.9 Å². The number of hydrogen-bond donors (Lipinski definition) is 1. The van der Waals surface area contributed by atoms with E-state index in [9.17, 15) is 4.79 Å². The highest BCUT2D eigenvalue weighted by atomic mass is 16.4. The van der Waals surface area contributed by atoms with Crippen LogP contribution in [0.1, 0.15) is 35.2 Å². The maximum Gasteiger partial charge on any atom is 0.218 e. The van der Waals surface area contributed by atoms with Gasteiger partial charge >= 0.3 is 0 Å². The SMILES string of the molecule is Cc1nc(C(CC(N)=O)c2ccccc2)c(C)o1. The normalized spacial score (nSPS) is 12.3. The molecular formula is C14H16N2O2. The Kier molecular flexibility index (Phi) is 3.46. The maximum absolute atomic E-state index is 11.2. The van der Waals surface area contributed by atoms with Crippen molar-refractivity contribution in [1.82, 2.24) is 4.98 Å². The number of nitrogens with zero attached hydrogens (tertiary/aromatic N) is 1. The van der Waals surface area contributed by atoms with Gasteiger partial charge < -0.3 is 10.2 Å². The predicted molar refractivity (Wildman–Crippen MR) is 68.1 cm³/mol. The van der Waals surface area contributed by atoms with E-state index in [1.165, 1.54) is 0 Å². The fourth-order valence-corrected chi connectivity index (χ4v) is 2.13. The van der Waals surface area contributed by atoms with Crippen LogP contribution in [0.25, 0.3) is 0 Å². The summed E-state index contributed by atoms with van der Waals surface area (Å²) < 4.78 is 5.44. The van der Waals surface area contributed by atoms with E-state index in [0.717, 1.165) is 17.0 Å². The van der Waals surface area contributed by atoms with Gasteiger partial charge in [0.2, 0.25) is 5.91 Å². The van der Waals surface area contributed by atoms with E-state index >= 15 is 0 Å². The molecule has 0 aliphatic carbocycles. The molecule has 1 atom stereocenters. The van der Waals surface area contributed by atoms with Crippen LogP contribution in [0.4, 0.5) is 0 Å². The average Bonchev–Trinajstić information content (AvgIpc) is 2.66. The number of aromatic nitrogens is 1. The molecule has 0 spiro atoms. The van der Waals surface area contributed by atoms with Crippen LogP contribution >= 0.6 is 0 Å². The van der Waals surface area contributed by atoms with Crippen LogP contribution in [-0.2, 0) is 4.79 Å². The first-order chi connectivity index (χ1) is 8.58. The summed E-state index contributed by atoms with van der Waals surface area (Å²) >= 11 is 0. The molecule has 18 heavy (non-hydrogen) atoms. The number of hydrogen-bond acceptors (Lipinski definition) is 3. The Morgan fingerprint density at radius 1 is 1.33 bits per heavy atom. The van der Waals surface area contributed by atoms with E-state index in [0.29, 0.717) is 5.89 Å². The van der Waals surface area contributed by atoms with Gasteiger partial charge in [-0.1, -0.05) is 30.3 Å². The molecule has 4 nitrogen and oxygen atoms in total. The largest absolute Gasteiger partial charge is 0.446 e. The van der Waals surface area contributed by atoms with Crippen molar-refractivity contribution in [3.63, 3.8) is 0 Å². The van der Waals surface area contributed by atoms with Crippen LogP contribution in [0.5, 0.6) is 0 Å². The van der Waals surface area contributed by atoms with Crippen molar-refractivity contribution < 1.29 is 9.21 Å². The van der Waals surface area contributed by atoms with E-state index in [1.54, 1.807) is 6.92 Å². The van der Waals surface area contributed by atoms with E-state index in [4.69, 9.17) is 10.2 Å². The Labute approximate surface area is 106 Å². The lowest BCUT2D eigenvalue weighted by molar-refractivity contribution is -0.118. The second-order valence-corrected chi connectivity index (χ2v) is 4.31. The standard InChI is InChI=1S/C14H16N2O2/c1-9-14(16-10(2)18-9)12(8-13(15)17)11-6-4-3-5-7-11/h3-7,12H,8H2,1-2H3,(H2,15,17). The Morgan fingerprint density at radius 3 is 2.50 bits per heavy atom. The van der Waals surface area contributed by atoms with Gasteiger partial charge in [0.05, 0.1) is 5.69 Å². The minimum atomic E-state index is -0.344. The van der Waals surface area contributed by atoms with Crippen LogP contribution < -0.4 is 5.73 Å². The van der Waals surface area contributed by atoms with Crippen molar-refractivity contribution in [1.29, 1.82) is 0 Å². The van der Waals surface area contributed by atoms with Gasteiger partial charge in [0.15, 0.2) is 5.89 Å². The van der Waals surface area contributed by atoms with Gasteiger partial charge in [0.1, 0.15) is 5.76 Å². The smallest absolute Gasteiger partial charge is 0.218 e. The summed E-state index contributed by atoms with van der Waals surface area (Å²) in [6, 6.07) is 9.75. The molecule has 1 unspecified atom stereocenters. The summed E-state index contributed by atoms with van der Waals surface area (Å²) in [5, 5.41) is 0. The number of carbonyl (C=O) groups excluding carboxylic acids is 1. The molecule has 1 aromatic heterocycles. The number of carbonyl (C=O) groups is 1. The molecule has 2 N–H and O–H groups in total. The molecule has 0 aliphatic rings. The van der Waals surface area contributed by atoms with Crippen molar-refractivity contribution in [2.24, 2.45) is 5.73 Å². The summed E-state index contributed by atoms with van der Waals surface area (Å²) in [6.45, 7) is 3.65. The number of aryl methyl sites for hydroxylation is 2. The van der Waals surface area contributed by atoms with E-state index in [1.807, 2.05) is 37.3 Å². The van der Waals surface area contributed by atoms with Crippen molar-refractivity contribution in [3.05, 3.63) is 53.2 Å². The highest BCUT2D eigenvalue weighted by molar-refractivity contribution is 5.75. The Balaban J connectivity index is 2.43. The summed E-state index contributed by atoms with van der Waals surface area (Å²) in [5.41, 5.74) is 7.14. The lowest BCUT2D eigenvalue weighted by Gasteiger charge is -2.13. The number of benzene rings is 1. The van der Waals surface area contributed by atoms with Crippen molar-refractivity contribution in [3.8, 4) is 0 Å². The number of amides is 1. The lowest BCUT2D eigenvalue weighted by atomic mass is 9.91. The topological polar surface area (TPSA) is 69.1 Å². The Morgan fingerprint density at radius 2 is 2.00 bits per heavy atom. The van der Waals surface area contributed by atoms with Crippen LogP contribution in [0.2, 0.25) is 0 Å². The molecule has 2 aromatic rings. The Hall–Kier alpha value is -2.10. The summed E-state index contributed by atoms with van der Waals surface area (Å²) in [4.78, 5) is 15.6. The molecule has 1 amide bonds. The average molecular weight is 244 g/mol. The van der Waals surface area contributed by atoms with Gasteiger partial charge in [-0.15, -0.1) is 0 Å². The minimum absolute atomic E-state index is 0.138. The molecule has 2 rings (SSSR count). The molecule has 0 fully saturated rings. The van der Waals surface area contributed by atoms with E-state index in [2.05, 4.69) is 4.98 Å². The van der Waals surface area contributed by atoms with Gasteiger partial charge in [-0.3, -0.25) is 4.79 Å². The highest BCUT2D eigenvalue weighted by Crippen LogP contribution is 2.29. The number of nitrogens with two attached hydrogens (primary N) is 1. The monoisotopic (exact) mass is 244 g/mol. The predicted octanol–water partition coefficient (Wildman–Crippen LogP) is 2.30. The summed E-state index contributed by atoms with van der Waals surface area (Å²) in [7, 11) is 0. The van der Waals surface area contributed by atoms with Crippen molar-refractivity contribution >= 4 is 5.91 Å².